The van der Waals surface area contributed by atoms with E-state index in [1.807, 2.05) is 31.4 Å². The average Bonchev–Trinajstić information content (AvgIpc) is 3.01. The Morgan fingerprint density at radius 2 is 1.86 bits per heavy atom. The zero-order chi connectivity index (χ0) is 15.5. The molecule has 0 atom stereocenters. The first-order valence-corrected chi connectivity index (χ1v) is 8.95. The molecule has 6 heteroatoms. The highest BCUT2D eigenvalue weighted by Gasteiger charge is 2.25. The molecule has 114 valence electrons. The van der Waals surface area contributed by atoms with Crippen LogP contribution in [0.4, 0.5) is 0 Å². The van der Waals surface area contributed by atoms with Crippen molar-refractivity contribution in [1.29, 1.82) is 0 Å². The van der Waals surface area contributed by atoms with Crippen LogP contribution >= 0.6 is 11.3 Å². The summed E-state index contributed by atoms with van der Waals surface area (Å²) in [6.07, 6.45) is 0. The van der Waals surface area contributed by atoms with Gasteiger partial charge in [-0.25, -0.2) is 13.1 Å². The molecule has 1 heterocycles. The standard InChI is InChI=1S/C15H19NO3S2/c1-15(2,14-4-3-9-20-14)11-16-21(18,19)13-7-5-12(10-17)6-8-13/h3-9,16-17H,10-11H2,1-2H3. The van der Waals surface area contributed by atoms with E-state index >= 15 is 0 Å². The van der Waals surface area contributed by atoms with Crippen molar-refractivity contribution in [3.8, 4) is 0 Å². The lowest BCUT2D eigenvalue weighted by Gasteiger charge is -2.23. The van der Waals surface area contributed by atoms with Gasteiger partial charge in [0.05, 0.1) is 11.5 Å². The monoisotopic (exact) mass is 325 g/mol. The fraction of sp³-hybridized carbons (Fsp3) is 0.333. The molecule has 0 saturated carbocycles. The fourth-order valence-corrected chi connectivity index (χ4v) is 3.95. The van der Waals surface area contributed by atoms with Crippen molar-refractivity contribution in [2.75, 3.05) is 6.54 Å². The normalized spacial score (nSPS) is 12.5. The quantitative estimate of drug-likeness (QED) is 0.857. The number of hydrogen-bond acceptors (Lipinski definition) is 4. The van der Waals surface area contributed by atoms with Gasteiger partial charge in [0.25, 0.3) is 0 Å². The minimum absolute atomic E-state index is 0.0981. The summed E-state index contributed by atoms with van der Waals surface area (Å²) in [5.74, 6) is 0. The second kappa shape index (κ2) is 6.27. The SMILES string of the molecule is CC(C)(CNS(=O)(=O)c1ccc(CO)cc1)c1cccs1. The van der Waals surface area contributed by atoms with Crippen LogP contribution < -0.4 is 4.72 Å². The van der Waals surface area contributed by atoms with E-state index in [0.717, 1.165) is 4.88 Å². The highest BCUT2D eigenvalue weighted by Crippen LogP contribution is 2.27. The van der Waals surface area contributed by atoms with E-state index in [0.29, 0.717) is 12.1 Å². The largest absolute Gasteiger partial charge is 0.392 e. The second-order valence-corrected chi connectivity index (χ2v) is 8.20. The van der Waals surface area contributed by atoms with Gasteiger partial charge < -0.3 is 5.11 Å². The van der Waals surface area contributed by atoms with Crippen LogP contribution in [0.1, 0.15) is 24.3 Å². The van der Waals surface area contributed by atoms with Gasteiger partial charge >= 0.3 is 0 Å². The lowest BCUT2D eigenvalue weighted by Crippen LogP contribution is -2.36. The highest BCUT2D eigenvalue weighted by atomic mass is 32.2. The first-order chi connectivity index (χ1) is 9.85. The molecule has 0 aliphatic rings. The Balaban J connectivity index is 2.10. The lowest BCUT2D eigenvalue weighted by atomic mass is 9.92. The van der Waals surface area contributed by atoms with Crippen LogP contribution in [0, 0.1) is 0 Å². The van der Waals surface area contributed by atoms with Gasteiger partial charge in [-0.3, -0.25) is 0 Å². The summed E-state index contributed by atoms with van der Waals surface area (Å²) in [7, 11) is -3.54. The maximum Gasteiger partial charge on any atom is 0.240 e. The lowest BCUT2D eigenvalue weighted by molar-refractivity contribution is 0.282. The van der Waals surface area contributed by atoms with Crippen LogP contribution in [0.3, 0.4) is 0 Å². The van der Waals surface area contributed by atoms with E-state index in [9.17, 15) is 8.42 Å². The van der Waals surface area contributed by atoms with Crippen molar-refractivity contribution in [1.82, 2.24) is 4.72 Å². The summed E-state index contributed by atoms with van der Waals surface area (Å²) in [6, 6.07) is 10.2. The number of aliphatic hydroxyl groups excluding tert-OH is 1. The predicted octanol–water partition coefficient (Wildman–Crippen LogP) is 2.50. The van der Waals surface area contributed by atoms with Crippen LogP contribution in [0.2, 0.25) is 0 Å². The third kappa shape index (κ3) is 3.91. The van der Waals surface area contributed by atoms with Gasteiger partial charge in [-0.1, -0.05) is 32.0 Å². The van der Waals surface area contributed by atoms with Crippen LogP contribution in [0.15, 0.2) is 46.7 Å². The Hall–Kier alpha value is -1.21. The number of sulfonamides is 1. The van der Waals surface area contributed by atoms with Crippen molar-refractivity contribution in [3.05, 3.63) is 52.2 Å². The zero-order valence-electron chi connectivity index (χ0n) is 12.0. The Kier molecular flexibility index (Phi) is 4.83. The third-order valence-electron chi connectivity index (χ3n) is 3.31. The first-order valence-electron chi connectivity index (χ1n) is 6.59. The summed E-state index contributed by atoms with van der Waals surface area (Å²) < 4.78 is 27.2. The number of thiophene rings is 1. The molecule has 21 heavy (non-hydrogen) atoms. The molecule has 0 fully saturated rings. The Morgan fingerprint density at radius 1 is 1.19 bits per heavy atom. The van der Waals surface area contributed by atoms with Crippen LogP contribution in [-0.4, -0.2) is 20.1 Å². The van der Waals surface area contributed by atoms with E-state index < -0.39 is 10.0 Å². The molecule has 0 amide bonds. The first kappa shape index (κ1) is 16.2. The summed E-state index contributed by atoms with van der Waals surface area (Å²) in [5, 5.41) is 11.0. The Bertz CT molecular complexity index is 674. The number of benzene rings is 1. The molecule has 0 saturated heterocycles. The molecule has 2 N–H and O–H groups in total. The van der Waals surface area contributed by atoms with Gasteiger partial charge in [0, 0.05) is 16.8 Å². The molecular weight excluding hydrogens is 306 g/mol. The number of nitrogens with one attached hydrogen (secondary N) is 1. The molecule has 0 aliphatic heterocycles. The maximum atomic E-state index is 12.3. The summed E-state index contributed by atoms with van der Waals surface area (Å²) >= 11 is 1.62. The molecule has 0 aliphatic carbocycles. The van der Waals surface area contributed by atoms with E-state index in [1.165, 1.54) is 12.1 Å². The number of hydrogen-bond donors (Lipinski definition) is 2. The summed E-state index contributed by atoms with van der Waals surface area (Å²) in [4.78, 5) is 1.35. The molecule has 1 aromatic carbocycles. The smallest absolute Gasteiger partial charge is 0.240 e. The molecule has 2 rings (SSSR count). The van der Waals surface area contributed by atoms with Gasteiger partial charge in [0.2, 0.25) is 10.0 Å². The minimum Gasteiger partial charge on any atom is -0.392 e. The van der Waals surface area contributed by atoms with Gasteiger partial charge in [-0.2, -0.15) is 0 Å². The fourth-order valence-electron chi connectivity index (χ4n) is 1.88. The third-order valence-corrected chi connectivity index (χ3v) is 5.96. The van der Waals surface area contributed by atoms with Crippen molar-refractivity contribution in [3.63, 3.8) is 0 Å². The van der Waals surface area contributed by atoms with Gasteiger partial charge in [0.1, 0.15) is 0 Å². The Labute approximate surface area is 129 Å². The van der Waals surface area contributed by atoms with Gasteiger partial charge in [-0.15, -0.1) is 11.3 Å². The maximum absolute atomic E-state index is 12.3. The van der Waals surface area contributed by atoms with E-state index in [-0.39, 0.29) is 16.9 Å². The second-order valence-electron chi connectivity index (χ2n) is 5.49. The van der Waals surface area contributed by atoms with Crippen molar-refractivity contribution in [2.45, 2.75) is 30.8 Å². The van der Waals surface area contributed by atoms with Gasteiger partial charge in [0.15, 0.2) is 0 Å². The van der Waals surface area contributed by atoms with Crippen LogP contribution in [0.25, 0.3) is 0 Å². The van der Waals surface area contributed by atoms with Crippen molar-refractivity contribution >= 4 is 21.4 Å². The molecule has 0 bridgehead atoms. The van der Waals surface area contributed by atoms with Gasteiger partial charge in [-0.05, 0) is 29.1 Å². The van der Waals surface area contributed by atoms with E-state index in [4.69, 9.17) is 5.11 Å². The summed E-state index contributed by atoms with van der Waals surface area (Å²) in [6.45, 7) is 4.25. The molecule has 0 radical (unpaired) electrons. The number of aliphatic hydroxyl groups is 1. The number of rotatable bonds is 6. The molecule has 0 unspecified atom stereocenters. The van der Waals surface area contributed by atoms with Crippen LogP contribution in [0.5, 0.6) is 0 Å². The van der Waals surface area contributed by atoms with Crippen molar-refractivity contribution < 1.29 is 13.5 Å². The topological polar surface area (TPSA) is 66.4 Å². The molecule has 0 spiro atoms. The predicted molar refractivity (Wildman–Crippen MR) is 84.9 cm³/mol. The molecular formula is C15H19NO3S2. The molecule has 2 aromatic rings. The average molecular weight is 325 g/mol. The zero-order valence-corrected chi connectivity index (χ0v) is 13.7. The minimum atomic E-state index is -3.54. The summed E-state index contributed by atoms with van der Waals surface area (Å²) in [5.41, 5.74) is 0.430. The van der Waals surface area contributed by atoms with E-state index in [2.05, 4.69) is 4.72 Å². The van der Waals surface area contributed by atoms with Crippen LogP contribution in [-0.2, 0) is 22.0 Å². The highest BCUT2D eigenvalue weighted by molar-refractivity contribution is 7.89. The molecule has 1 aromatic heterocycles. The Morgan fingerprint density at radius 3 is 2.38 bits per heavy atom. The van der Waals surface area contributed by atoms with Crippen molar-refractivity contribution in [2.24, 2.45) is 0 Å². The molecule has 4 nitrogen and oxygen atoms in total. The van der Waals surface area contributed by atoms with E-state index in [1.54, 1.807) is 23.5 Å².